The number of rotatable bonds is 5. The molecule has 2 rings (SSSR count). The van der Waals surface area contributed by atoms with Gasteiger partial charge < -0.3 is 19.9 Å². The Kier molecular flexibility index (Phi) is 4.44. The molecule has 0 bridgehead atoms. The van der Waals surface area contributed by atoms with Gasteiger partial charge in [-0.05, 0) is 12.1 Å². The summed E-state index contributed by atoms with van der Waals surface area (Å²) in [5.41, 5.74) is 0.488. The number of ether oxygens (including phenoxy) is 2. The number of methoxy groups -OCH3 is 2. The van der Waals surface area contributed by atoms with Crippen molar-refractivity contribution < 1.29 is 24.2 Å². The highest BCUT2D eigenvalue weighted by Gasteiger charge is 2.14. The molecule has 0 saturated carbocycles. The Hall–Kier alpha value is -2.54. The zero-order valence-corrected chi connectivity index (χ0v) is 12.2. The van der Waals surface area contributed by atoms with Crippen LogP contribution in [0.4, 0.5) is 5.69 Å². The first-order chi connectivity index (χ1) is 10.0. The molecule has 1 heterocycles. The minimum absolute atomic E-state index is 0.0355. The highest BCUT2D eigenvalue weighted by atomic mass is 32.1. The second-order valence-electron chi connectivity index (χ2n) is 4.03. The summed E-state index contributed by atoms with van der Waals surface area (Å²) in [5.74, 6) is -0.589. The Morgan fingerprint density at radius 1 is 1.19 bits per heavy atom. The number of carboxylic acids is 1. The molecule has 6 nitrogen and oxygen atoms in total. The predicted octanol–water partition coefficient (Wildman–Crippen LogP) is 2.72. The number of amides is 1. The molecule has 7 heteroatoms. The van der Waals surface area contributed by atoms with Gasteiger partial charge in [0.05, 0.1) is 19.1 Å². The lowest BCUT2D eigenvalue weighted by molar-refractivity contribution is 0.0693. The Morgan fingerprint density at radius 3 is 2.52 bits per heavy atom. The monoisotopic (exact) mass is 307 g/mol. The van der Waals surface area contributed by atoms with E-state index in [1.165, 1.54) is 43.8 Å². The SMILES string of the molecule is COc1csc(C(=O)Nc2ccc(C(=O)O)c(OC)c2)c1. The topological polar surface area (TPSA) is 84.9 Å². The second kappa shape index (κ2) is 6.27. The van der Waals surface area contributed by atoms with Crippen LogP contribution < -0.4 is 14.8 Å². The fourth-order valence-electron chi connectivity index (χ4n) is 1.68. The van der Waals surface area contributed by atoms with Crippen LogP contribution in [0.5, 0.6) is 11.5 Å². The van der Waals surface area contributed by atoms with Crippen molar-refractivity contribution in [3.8, 4) is 11.5 Å². The average Bonchev–Trinajstić information content (AvgIpc) is 2.95. The molecule has 1 aromatic carbocycles. The predicted molar refractivity (Wildman–Crippen MR) is 78.8 cm³/mol. The molecule has 0 fully saturated rings. The zero-order valence-electron chi connectivity index (χ0n) is 11.4. The van der Waals surface area contributed by atoms with Gasteiger partial charge in [-0.3, -0.25) is 4.79 Å². The van der Waals surface area contributed by atoms with Gasteiger partial charge in [0.1, 0.15) is 17.1 Å². The highest BCUT2D eigenvalue weighted by Crippen LogP contribution is 2.25. The van der Waals surface area contributed by atoms with Gasteiger partial charge in [-0.15, -0.1) is 11.3 Å². The molecule has 110 valence electrons. The van der Waals surface area contributed by atoms with Crippen molar-refractivity contribution in [3.63, 3.8) is 0 Å². The van der Waals surface area contributed by atoms with Gasteiger partial charge in [-0.25, -0.2) is 4.79 Å². The smallest absolute Gasteiger partial charge is 0.339 e. The molecule has 2 aromatic rings. The summed E-state index contributed by atoms with van der Waals surface area (Å²) in [6.07, 6.45) is 0. The molecule has 21 heavy (non-hydrogen) atoms. The third-order valence-electron chi connectivity index (χ3n) is 2.72. The van der Waals surface area contributed by atoms with E-state index in [9.17, 15) is 9.59 Å². The van der Waals surface area contributed by atoms with E-state index in [4.69, 9.17) is 14.6 Å². The molecule has 0 aliphatic carbocycles. The van der Waals surface area contributed by atoms with Gasteiger partial charge >= 0.3 is 5.97 Å². The first-order valence-corrected chi connectivity index (χ1v) is 6.78. The Labute approximate surface area is 124 Å². The Bertz CT molecular complexity index is 680. The maximum absolute atomic E-state index is 12.0. The fraction of sp³-hybridized carbons (Fsp3) is 0.143. The molecule has 0 aliphatic rings. The normalized spacial score (nSPS) is 10.0. The molecular weight excluding hydrogens is 294 g/mol. The minimum Gasteiger partial charge on any atom is -0.496 e. The molecule has 0 aliphatic heterocycles. The molecule has 0 saturated heterocycles. The van der Waals surface area contributed by atoms with Crippen LogP contribution in [0.3, 0.4) is 0 Å². The lowest BCUT2D eigenvalue weighted by Crippen LogP contribution is -2.11. The van der Waals surface area contributed by atoms with Crippen LogP contribution in [0, 0.1) is 0 Å². The third kappa shape index (κ3) is 3.32. The maximum Gasteiger partial charge on any atom is 0.339 e. The Balaban J connectivity index is 2.19. The summed E-state index contributed by atoms with van der Waals surface area (Å²) in [5, 5.41) is 13.4. The van der Waals surface area contributed by atoms with E-state index in [1.54, 1.807) is 11.4 Å². The van der Waals surface area contributed by atoms with E-state index in [-0.39, 0.29) is 17.2 Å². The highest BCUT2D eigenvalue weighted by molar-refractivity contribution is 7.12. The van der Waals surface area contributed by atoms with Crippen molar-refractivity contribution in [3.05, 3.63) is 40.1 Å². The number of hydrogen-bond donors (Lipinski definition) is 2. The summed E-state index contributed by atoms with van der Waals surface area (Å²) in [7, 11) is 2.90. The maximum atomic E-state index is 12.0. The number of anilines is 1. The van der Waals surface area contributed by atoms with Crippen LogP contribution >= 0.6 is 11.3 Å². The van der Waals surface area contributed by atoms with Crippen LogP contribution in [0.25, 0.3) is 0 Å². The van der Waals surface area contributed by atoms with E-state index in [0.29, 0.717) is 16.3 Å². The number of carbonyl (C=O) groups excluding carboxylic acids is 1. The lowest BCUT2D eigenvalue weighted by Gasteiger charge is -2.08. The van der Waals surface area contributed by atoms with Crippen LogP contribution in [-0.2, 0) is 0 Å². The van der Waals surface area contributed by atoms with Crippen LogP contribution in [0.15, 0.2) is 29.6 Å². The van der Waals surface area contributed by atoms with Gasteiger partial charge in [0, 0.05) is 23.2 Å². The molecular formula is C14H13NO5S. The molecule has 2 N–H and O–H groups in total. The number of nitrogens with one attached hydrogen (secondary N) is 1. The van der Waals surface area contributed by atoms with Crippen LogP contribution in [-0.4, -0.2) is 31.2 Å². The van der Waals surface area contributed by atoms with Crippen molar-refractivity contribution in [2.45, 2.75) is 0 Å². The number of carbonyl (C=O) groups is 2. The van der Waals surface area contributed by atoms with E-state index in [0.717, 1.165) is 0 Å². The summed E-state index contributed by atoms with van der Waals surface area (Å²) < 4.78 is 10.0. The number of carboxylic acid groups (broad SMARTS) is 1. The van der Waals surface area contributed by atoms with Gasteiger partial charge in [0.25, 0.3) is 5.91 Å². The second-order valence-corrected chi connectivity index (χ2v) is 4.94. The van der Waals surface area contributed by atoms with Crippen molar-refractivity contribution >= 4 is 28.9 Å². The summed E-state index contributed by atoms with van der Waals surface area (Å²) in [4.78, 5) is 23.5. The van der Waals surface area contributed by atoms with E-state index >= 15 is 0 Å². The van der Waals surface area contributed by atoms with Crippen molar-refractivity contribution in [1.82, 2.24) is 0 Å². The first kappa shape index (κ1) is 14.9. The van der Waals surface area contributed by atoms with E-state index in [2.05, 4.69) is 5.32 Å². The molecule has 0 radical (unpaired) electrons. The van der Waals surface area contributed by atoms with Crippen molar-refractivity contribution in [2.24, 2.45) is 0 Å². The average molecular weight is 307 g/mol. The molecule has 1 aromatic heterocycles. The Morgan fingerprint density at radius 2 is 1.95 bits per heavy atom. The first-order valence-electron chi connectivity index (χ1n) is 5.90. The van der Waals surface area contributed by atoms with Gasteiger partial charge in [-0.2, -0.15) is 0 Å². The van der Waals surface area contributed by atoms with Crippen molar-refractivity contribution in [1.29, 1.82) is 0 Å². The fourth-order valence-corrected chi connectivity index (χ4v) is 2.43. The van der Waals surface area contributed by atoms with E-state index < -0.39 is 5.97 Å². The number of thiophene rings is 1. The molecule has 0 spiro atoms. The quantitative estimate of drug-likeness (QED) is 0.887. The molecule has 0 unspecified atom stereocenters. The number of hydrogen-bond acceptors (Lipinski definition) is 5. The third-order valence-corrected chi connectivity index (χ3v) is 3.63. The van der Waals surface area contributed by atoms with E-state index in [1.807, 2.05) is 0 Å². The largest absolute Gasteiger partial charge is 0.496 e. The minimum atomic E-state index is -1.09. The lowest BCUT2D eigenvalue weighted by atomic mass is 10.2. The van der Waals surface area contributed by atoms with Gasteiger partial charge in [0.2, 0.25) is 0 Å². The summed E-state index contributed by atoms with van der Waals surface area (Å²) >= 11 is 1.26. The van der Waals surface area contributed by atoms with Crippen LogP contribution in [0.1, 0.15) is 20.0 Å². The van der Waals surface area contributed by atoms with Gasteiger partial charge in [0.15, 0.2) is 0 Å². The van der Waals surface area contributed by atoms with Crippen LogP contribution in [0.2, 0.25) is 0 Å². The molecule has 1 amide bonds. The number of aromatic carboxylic acids is 1. The summed E-state index contributed by atoms with van der Waals surface area (Å²) in [6.45, 7) is 0. The number of benzene rings is 1. The zero-order chi connectivity index (χ0) is 15.4. The van der Waals surface area contributed by atoms with Crippen molar-refractivity contribution in [2.75, 3.05) is 19.5 Å². The van der Waals surface area contributed by atoms with Gasteiger partial charge in [-0.1, -0.05) is 0 Å². The standard InChI is InChI=1S/C14H13NO5S/c1-19-9-6-12(21-7-9)13(16)15-8-3-4-10(14(17)18)11(5-8)20-2/h3-7H,1-2H3,(H,15,16)(H,17,18). The molecule has 0 atom stereocenters. The summed E-state index contributed by atoms with van der Waals surface area (Å²) in [6, 6.07) is 5.98.